The number of carboxylic acid groups (broad SMARTS) is 1. The molecule has 0 aliphatic carbocycles. The van der Waals surface area contributed by atoms with Gasteiger partial charge in [-0.3, -0.25) is 4.79 Å². The maximum atomic E-state index is 9.00. The molecule has 0 aromatic carbocycles. The van der Waals surface area contributed by atoms with Crippen molar-refractivity contribution in [1.29, 1.82) is 0 Å². The van der Waals surface area contributed by atoms with E-state index in [2.05, 4.69) is 0 Å². The fraction of sp³-hybridized carbons (Fsp3) is 0.500. The zero-order valence-corrected chi connectivity index (χ0v) is 14.5. The molecule has 0 atom stereocenters. The van der Waals surface area contributed by atoms with Crippen LogP contribution in [0.3, 0.4) is 0 Å². The number of carboxylic acids is 1. The van der Waals surface area contributed by atoms with Crippen LogP contribution in [-0.4, -0.2) is 86.8 Å². The Labute approximate surface area is 123 Å². The van der Waals surface area contributed by atoms with E-state index in [1.54, 1.807) is 0 Å². The summed E-state index contributed by atoms with van der Waals surface area (Å²) in [7, 11) is 0. The Morgan fingerprint density at radius 1 is 0.882 bits per heavy atom. The minimum atomic E-state index is -3.69. The van der Waals surface area contributed by atoms with Gasteiger partial charge in [-0.25, -0.2) is 0 Å². The van der Waals surface area contributed by atoms with Crippen molar-refractivity contribution in [3.63, 3.8) is 0 Å². The van der Waals surface area contributed by atoms with E-state index in [0.29, 0.717) is 0 Å². The molecule has 15 heteroatoms. The molecule has 0 spiro atoms. The van der Waals surface area contributed by atoms with Crippen molar-refractivity contribution in [3.8, 4) is 0 Å². The molecule has 0 saturated heterocycles. The van der Waals surface area contributed by atoms with Gasteiger partial charge >= 0.3 is 101 Å². The molecule has 17 heavy (non-hydrogen) atoms. The Bertz CT molecular complexity index is 105. The predicted molar refractivity (Wildman–Crippen MR) is 46.1 cm³/mol. The van der Waals surface area contributed by atoms with E-state index in [1.807, 2.05) is 0 Å². The van der Waals surface area contributed by atoms with Gasteiger partial charge in [0.25, 0.3) is 5.97 Å². The number of carbonyl (C=O) groups is 1. The average molecular weight is 499 g/mol. The SMILES string of the molecule is CC(=O)O.O[As](O)O.O[As](O)O.[Cu+2].[O-][As]([O-])O. The van der Waals surface area contributed by atoms with Crippen LogP contribution in [0.5, 0.6) is 0 Å². The second-order valence-corrected chi connectivity index (χ2v) is 4.54. The number of hydrogen-bond donors (Lipinski definition) is 8. The molecular formula is C2H11As3CuO11. The van der Waals surface area contributed by atoms with Crippen LogP contribution in [0.1, 0.15) is 6.92 Å². The van der Waals surface area contributed by atoms with Crippen molar-refractivity contribution in [2.75, 3.05) is 0 Å². The molecule has 0 fully saturated rings. The van der Waals surface area contributed by atoms with Crippen molar-refractivity contribution in [1.82, 2.24) is 0 Å². The summed E-state index contributed by atoms with van der Waals surface area (Å²) in [5, 5.41) is 7.42. The summed E-state index contributed by atoms with van der Waals surface area (Å²) in [6.07, 6.45) is 0. The number of aliphatic carboxylic acids is 1. The third-order valence-electron chi connectivity index (χ3n) is 0. The molecule has 11 nitrogen and oxygen atoms in total. The van der Waals surface area contributed by atoms with E-state index < -0.39 is 53.0 Å². The number of hydrogen-bond acceptors (Lipinski definition) is 10. The molecular weight excluding hydrogens is 488 g/mol. The first kappa shape index (κ1) is 31.0. The molecule has 0 amide bonds. The Morgan fingerprint density at radius 3 is 0.882 bits per heavy atom. The summed E-state index contributed by atoms with van der Waals surface area (Å²) in [6, 6.07) is 0. The van der Waals surface area contributed by atoms with Crippen molar-refractivity contribution in [2.24, 2.45) is 0 Å². The van der Waals surface area contributed by atoms with Crippen molar-refractivity contribution in [2.45, 2.75) is 6.92 Å². The summed E-state index contributed by atoms with van der Waals surface area (Å²) < 4.78 is 68.3. The van der Waals surface area contributed by atoms with Gasteiger partial charge in [0.15, 0.2) is 0 Å². The zero-order valence-electron chi connectivity index (χ0n) is 7.95. The minimum absolute atomic E-state index is 0. The second kappa shape index (κ2) is 26.0. The van der Waals surface area contributed by atoms with E-state index in [-0.39, 0.29) is 17.1 Å². The van der Waals surface area contributed by atoms with Gasteiger partial charge < -0.3 is 5.11 Å². The van der Waals surface area contributed by atoms with E-state index in [0.717, 1.165) is 6.92 Å². The maximum absolute atomic E-state index is 9.00. The van der Waals surface area contributed by atoms with Gasteiger partial charge in [-0.15, -0.1) is 0 Å². The third kappa shape index (κ3) is 2380. The van der Waals surface area contributed by atoms with E-state index >= 15 is 0 Å². The van der Waals surface area contributed by atoms with E-state index in [9.17, 15) is 0 Å². The van der Waals surface area contributed by atoms with Crippen LogP contribution < -0.4 is 8.19 Å². The molecule has 0 aliphatic rings. The monoisotopic (exact) mass is 499 g/mol. The molecule has 1 radical (unpaired) electrons. The van der Waals surface area contributed by atoms with Crippen LogP contribution in [0.2, 0.25) is 0 Å². The fourth-order valence-electron chi connectivity index (χ4n) is 0. The molecule has 0 bridgehead atoms. The Kier molecular flexibility index (Phi) is 47.3. The van der Waals surface area contributed by atoms with Crippen LogP contribution in [0.4, 0.5) is 0 Å². The third-order valence-corrected chi connectivity index (χ3v) is 0. The van der Waals surface area contributed by atoms with Gasteiger partial charge in [0, 0.05) is 6.92 Å². The standard InChI is InChI=1S/C2H4O2.2AsH3O3.AsHO3.Cu/c1-2(3)4;3*2-1(3)4;/h1H3,(H,3,4);2*2-4H;2H;/q;;;-2;+2. The molecule has 8 N–H and O–H groups in total. The summed E-state index contributed by atoms with van der Waals surface area (Å²) in [4.78, 5) is 9.00. The predicted octanol–water partition coefficient (Wildman–Crippen LogP) is -7.33. The van der Waals surface area contributed by atoms with Crippen molar-refractivity contribution in [3.05, 3.63) is 0 Å². The van der Waals surface area contributed by atoms with Crippen LogP contribution in [0, 0.1) is 0 Å². The molecule has 0 aliphatic heterocycles. The fourth-order valence-corrected chi connectivity index (χ4v) is 0. The first-order chi connectivity index (χ1) is 6.93. The van der Waals surface area contributed by atoms with Gasteiger partial charge in [-0.05, 0) is 0 Å². The van der Waals surface area contributed by atoms with Crippen molar-refractivity contribution >= 4 is 53.0 Å². The summed E-state index contributed by atoms with van der Waals surface area (Å²) in [5.41, 5.74) is 0. The molecule has 0 aromatic heterocycles. The molecule has 0 heterocycles. The topological polar surface area (TPSA) is 225 Å². The quantitative estimate of drug-likeness (QED) is 0.146. The van der Waals surface area contributed by atoms with Gasteiger partial charge in [0.05, 0.1) is 0 Å². The van der Waals surface area contributed by atoms with Gasteiger partial charge in [0.1, 0.15) is 0 Å². The van der Waals surface area contributed by atoms with Crippen LogP contribution in [-0.2, 0) is 21.9 Å². The van der Waals surface area contributed by atoms with Crippen LogP contribution in [0.25, 0.3) is 0 Å². The van der Waals surface area contributed by atoms with Crippen molar-refractivity contribution < 1.29 is 63.8 Å². The zero-order chi connectivity index (χ0) is 14.3. The van der Waals surface area contributed by atoms with E-state index in [1.165, 1.54) is 0 Å². The molecule has 0 saturated carbocycles. The van der Waals surface area contributed by atoms with Gasteiger partial charge in [-0.2, -0.15) is 0 Å². The Morgan fingerprint density at radius 2 is 0.882 bits per heavy atom. The van der Waals surface area contributed by atoms with Gasteiger partial charge in [-0.1, -0.05) is 0 Å². The summed E-state index contributed by atoms with van der Waals surface area (Å²) in [5.74, 6) is -0.833. The molecule has 111 valence electrons. The molecule has 0 rings (SSSR count). The Hall–Kier alpha value is 1.30. The molecule has 0 unspecified atom stereocenters. The van der Waals surface area contributed by atoms with Crippen LogP contribution in [0.15, 0.2) is 0 Å². The average Bonchev–Trinajstić information content (AvgIpc) is 1.76. The summed E-state index contributed by atoms with van der Waals surface area (Å²) >= 11 is -10.1. The first-order valence-corrected chi connectivity index (χ1v) is 10.1. The van der Waals surface area contributed by atoms with Gasteiger partial charge in [0.2, 0.25) is 0 Å². The van der Waals surface area contributed by atoms with E-state index in [4.69, 9.17) is 46.8 Å². The molecule has 0 aromatic rings. The number of rotatable bonds is 0. The first-order valence-electron chi connectivity index (χ1n) is 2.69. The van der Waals surface area contributed by atoms with Crippen LogP contribution >= 0.6 is 0 Å². The normalized spacial score (nSPS) is 7.82. The summed E-state index contributed by atoms with van der Waals surface area (Å²) in [6.45, 7) is 1.08. The Balaban J connectivity index is -0.0000000369. The second-order valence-electron chi connectivity index (χ2n) is 1.29.